The molecule has 0 fully saturated rings. The summed E-state index contributed by atoms with van der Waals surface area (Å²) in [6, 6.07) is 0.0905. The number of Topliss-reactive ketones (excluding diaryl/α,β-unsaturated/α-hetero) is 1. The second-order valence-electron chi connectivity index (χ2n) is 7.37. The minimum Gasteiger partial charge on any atom is -0.480 e. The van der Waals surface area contributed by atoms with Gasteiger partial charge in [0.1, 0.15) is 11.8 Å². The molecule has 0 aliphatic rings. The van der Waals surface area contributed by atoms with E-state index in [1.807, 2.05) is 0 Å². The van der Waals surface area contributed by atoms with Crippen molar-refractivity contribution in [1.82, 2.24) is 10.6 Å². The van der Waals surface area contributed by atoms with Crippen molar-refractivity contribution >= 4 is 11.8 Å². The van der Waals surface area contributed by atoms with Crippen molar-refractivity contribution in [2.24, 2.45) is 11.5 Å². The van der Waals surface area contributed by atoms with Crippen LogP contribution in [0, 0.1) is 0 Å². The average Bonchev–Trinajstić information content (AvgIpc) is 2.53. The maximum atomic E-state index is 10.8. The highest BCUT2D eigenvalue weighted by Crippen LogP contribution is 1.99. The molecule has 0 aromatic carbocycles. The number of nitrogens with one attached hydrogen (secondary N) is 2. The lowest BCUT2D eigenvalue weighted by Gasteiger charge is -2.09. The van der Waals surface area contributed by atoms with Crippen LogP contribution in [0.5, 0.6) is 0 Å². The van der Waals surface area contributed by atoms with Gasteiger partial charge in [0.2, 0.25) is 0 Å². The largest absolute Gasteiger partial charge is 0.480 e. The van der Waals surface area contributed by atoms with Crippen molar-refractivity contribution < 1.29 is 14.7 Å². The second-order valence-corrected chi connectivity index (χ2v) is 7.37. The maximum absolute atomic E-state index is 10.8. The predicted octanol–water partition coefficient (Wildman–Crippen LogP) is 2.27. The Hall–Kier alpha value is -1.02. The van der Waals surface area contributed by atoms with Crippen molar-refractivity contribution in [3.8, 4) is 0 Å². The Morgan fingerprint density at radius 1 is 0.815 bits per heavy atom. The SMILES string of the molecule is C.CC(=O)[C@H](N)CCCCNC(C)C.CC(C)NCCCC[C@H](N)C(=O)O. The summed E-state index contributed by atoms with van der Waals surface area (Å²) in [6.07, 6.45) is 5.36. The molecular weight excluding hydrogens is 344 g/mol. The van der Waals surface area contributed by atoms with Crippen LogP contribution in [0.1, 0.15) is 80.6 Å². The molecule has 2 atom stereocenters. The number of aliphatic carboxylic acids is 1. The van der Waals surface area contributed by atoms with E-state index in [9.17, 15) is 9.59 Å². The summed E-state index contributed by atoms with van der Waals surface area (Å²) in [4.78, 5) is 21.1. The molecular formula is C20H46N4O3. The zero-order chi connectivity index (χ0) is 20.5. The van der Waals surface area contributed by atoms with Crippen LogP contribution in [0.25, 0.3) is 0 Å². The molecule has 0 aliphatic carbocycles. The number of carbonyl (C=O) groups is 2. The van der Waals surface area contributed by atoms with Crippen molar-refractivity contribution in [3.63, 3.8) is 0 Å². The molecule has 0 rings (SSSR count). The molecule has 0 aliphatic heterocycles. The van der Waals surface area contributed by atoms with Gasteiger partial charge in [0.15, 0.2) is 0 Å². The summed E-state index contributed by atoms with van der Waals surface area (Å²) in [5.74, 6) is -0.811. The van der Waals surface area contributed by atoms with E-state index in [2.05, 4.69) is 38.3 Å². The Morgan fingerprint density at radius 3 is 1.48 bits per heavy atom. The van der Waals surface area contributed by atoms with Gasteiger partial charge < -0.3 is 27.2 Å². The molecule has 0 saturated carbocycles. The molecule has 0 spiro atoms. The molecule has 7 heteroatoms. The fourth-order valence-electron chi connectivity index (χ4n) is 2.09. The normalized spacial score (nSPS) is 12.8. The standard InChI is InChI=1S/C10H22N2O.C9H20N2O2.CH4/c1-8(2)12-7-5-4-6-10(11)9(3)13;1-7(2)11-6-4-3-5-8(10)9(12)13;/h8,10,12H,4-7,11H2,1-3H3;7-8,11H,3-6,10H2,1-2H3,(H,12,13);1H4/t10-;8-;/m10./s1. The van der Waals surface area contributed by atoms with E-state index in [0.717, 1.165) is 45.2 Å². The average molecular weight is 391 g/mol. The summed E-state index contributed by atoms with van der Waals surface area (Å²) in [5, 5.41) is 15.1. The van der Waals surface area contributed by atoms with Gasteiger partial charge >= 0.3 is 5.97 Å². The third-order valence-electron chi connectivity index (χ3n) is 3.83. The first-order chi connectivity index (χ1) is 12.1. The molecule has 7 nitrogen and oxygen atoms in total. The zero-order valence-corrected chi connectivity index (χ0v) is 17.4. The molecule has 0 heterocycles. The van der Waals surface area contributed by atoms with Gasteiger partial charge in [-0.2, -0.15) is 0 Å². The lowest BCUT2D eigenvalue weighted by Crippen LogP contribution is -2.30. The van der Waals surface area contributed by atoms with Gasteiger partial charge in [-0.05, 0) is 45.7 Å². The number of nitrogens with two attached hydrogens (primary N) is 2. The van der Waals surface area contributed by atoms with Crippen LogP contribution < -0.4 is 22.1 Å². The number of carbonyl (C=O) groups excluding carboxylic acids is 1. The molecule has 27 heavy (non-hydrogen) atoms. The van der Waals surface area contributed by atoms with Gasteiger partial charge in [-0.1, -0.05) is 48.0 Å². The molecule has 0 aromatic heterocycles. The smallest absolute Gasteiger partial charge is 0.320 e. The zero-order valence-electron chi connectivity index (χ0n) is 17.4. The number of ketones is 1. The third kappa shape index (κ3) is 25.0. The van der Waals surface area contributed by atoms with E-state index in [1.165, 1.54) is 0 Å². The van der Waals surface area contributed by atoms with Gasteiger partial charge in [-0.25, -0.2) is 0 Å². The van der Waals surface area contributed by atoms with Gasteiger partial charge in [0, 0.05) is 12.1 Å². The van der Waals surface area contributed by atoms with E-state index >= 15 is 0 Å². The fraction of sp³-hybridized carbons (Fsp3) is 0.900. The Bertz CT molecular complexity index is 329. The first-order valence-corrected chi connectivity index (χ1v) is 9.79. The van der Waals surface area contributed by atoms with Crippen LogP contribution >= 0.6 is 0 Å². The highest BCUT2D eigenvalue weighted by molar-refractivity contribution is 5.81. The van der Waals surface area contributed by atoms with Crippen molar-refractivity contribution in [1.29, 1.82) is 0 Å². The predicted molar refractivity (Wildman–Crippen MR) is 115 cm³/mol. The maximum Gasteiger partial charge on any atom is 0.320 e. The number of unbranched alkanes of at least 4 members (excludes halogenated alkanes) is 2. The van der Waals surface area contributed by atoms with Crippen molar-refractivity contribution in [2.45, 2.75) is 105 Å². The molecule has 0 aromatic rings. The molecule has 0 saturated heterocycles. The summed E-state index contributed by atoms with van der Waals surface area (Å²) in [6.45, 7) is 11.9. The van der Waals surface area contributed by atoms with Gasteiger partial charge in [0.25, 0.3) is 0 Å². The van der Waals surface area contributed by atoms with E-state index in [4.69, 9.17) is 16.6 Å². The van der Waals surface area contributed by atoms with Crippen LogP contribution in [0.15, 0.2) is 0 Å². The lowest BCUT2D eigenvalue weighted by molar-refractivity contribution is -0.138. The van der Waals surface area contributed by atoms with E-state index in [1.54, 1.807) is 6.92 Å². The van der Waals surface area contributed by atoms with Crippen LogP contribution in [0.2, 0.25) is 0 Å². The molecule has 0 radical (unpaired) electrons. The molecule has 164 valence electrons. The van der Waals surface area contributed by atoms with E-state index < -0.39 is 12.0 Å². The van der Waals surface area contributed by atoms with E-state index in [0.29, 0.717) is 18.5 Å². The van der Waals surface area contributed by atoms with Crippen LogP contribution in [0.3, 0.4) is 0 Å². The van der Waals surface area contributed by atoms with Crippen molar-refractivity contribution in [2.75, 3.05) is 13.1 Å². The quantitative estimate of drug-likeness (QED) is 0.288. The number of hydrogen-bond acceptors (Lipinski definition) is 6. The van der Waals surface area contributed by atoms with E-state index in [-0.39, 0.29) is 19.3 Å². The Morgan fingerprint density at radius 2 is 1.19 bits per heavy atom. The van der Waals surface area contributed by atoms with Gasteiger partial charge in [-0.15, -0.1) is 0 Å². The number of hydrogen-bond donors (Lipinski definition) is 5. The number of carboxylic acids is 1. The van der Waals surface area contributed by atoms with Crippen LogP contribution in [0.4, 0.5) is 0 Å². The van der Waals surface area contributed by atoms with Gasteiger partial charge in [-0.3, -0.25) is 9.59 Å². The first-order valence-electron chi connectivity index (χ1n) is 9.79. The molecule has 0 unspecified atom stereocenters. The third-order valence-corrected chi connectivity index (χ3v) is 3.83. The van der Waals surface area contributed by atoms with Crippen LogP contribution in [-0.4, -0.2) is 54.1 Å². The highest BCUT2D eigenvalue weighted by Gasteiger charge is 2.09. The number of rotatable bonds is 14. The molecule has 0 bridgehead atoms. The molecule has 7 N–H and O–H groups in total. The Kier molecular flexibility index (Phi) is 22.4. The second kappa shape index (κ2) is 19.7. The Labute approximate surface area is 167 Å². The summed E-state index contributed by atoms with van der Waals surface area (Å²) in [5.41, 5.74) is 10.9. The van der Waals surface area contributed by atoms with Crippen molar-refractivity contribution in [3.05, 3.63) is 0 Å². The monoisotopic (exact) mass is 390 g/mol. The Balaban J connectivity index is -0.000000411. The summed E-state index contributed by atoms with van der Waals surface area (Å²) < 4.78 is 0. The minimum atomic E-state index is -0.906. The fourth-order valence-corrected chi connectivity index (χ4v) is 2.09. The van der Waals surface area contributed by atoms with Gasteiger partial charge in [0.05, 0.1) is 6.04 Å². The topological polar surface area (TPSA) is 130 Å². The molecule has 0 amide bonds. The minimum absolute atomic E-state index is 0. The summed E-state index contributed by atoms with van der Waals surface area (Å²) >= 11 is 0. The number of carboxylic acid groups (broad SMARTS) is 1. The summed E-state index contributed by atoms with van der Waals surface area (Å²) in [7, 11) is 0. The van der Waals surface area contributed by atoms with Crippen LogP contribution in [-0.2, 0) is 9.59 Å². The lowest BCUT2D eigenvalue weighted by atomic mass is 10.1. The first kappa shape index (κ1) is 30.7. The highest BCUT2D eigenvalue weighted by atomic mass is 16.4.